The molecule has 5 N–H and O–H groups in total. The molecule has 1 saturated heterocycles. The summed E-state index contributed by atoms with van der Waals surface area (Å²) in [4.78, 5) is 0. The molecule has 2 aromatic rings. The Morgan fingerprint density at radius 3 is 2.33 bits per heavy atom. The van der Waals surface area contributed by atoms with Gasteiger partial charge < -0.3 is 30.3 Å². The summed E-state index contributed by atoms with van der Waals surface area (Å²) >= 11 is 0. The van der Waals surface area contributed by atoms with Crippen LogP contribution in [0, 0.1) is 11.3 Å². The summed E-state index contributed by atoms with van der Waals surface area (Å²) in [6, 6.07) is 14.8. The number of hydrogen-bond donors (Lipinski definition) is 5. The van der Waals surface area contributed by atoms with Gasteiger partial charge in [-0.3, -0.25) is 0 Å². The zero-order valence-corrected chi connectivity index (χ0v) is 16.3. The molecule has 2 fully saturated rings. The summed E-state index contributed by atoms with van der Waals surface area (Å²) < 4.78 is 5.39. The molecule has 1 aliphatic heterocycles. The molecule has 0 aromatic heterocycles. The van der Waals surface area contributed by atoms with Crippen LogP contribution in [0.15, 0.2) is 42.5 Å². The van der Waals surface area contributed by atoms with E-state index in [4.69, 9.17) is 4.74 Å². The Hall–Kier alpha value is -2.31. The highest BCUT2D eigenvalue weighted by atomic mass is 16.7. The smallest absolute Gasteiger partial charge is 0.222 e. The molecule has 4 rings (SSSR count). The molecule has 0 amide bonds. The molecule has 30 heavy (non-hydrogen) atoms. The van der Waals surface area contributed by atoms with E-state index in [0.717, 1.165) is 5.56 Å². The van der Waals surface area contributed by atoms with Gasteiger partial charge in [-0.05, 0) is 54.0 Å². The van der Waals surface area contributed by atoms with Crippen LogP contribution < -0.4 is 0 Å². The highest BCUT2D eigenvalue weighted by molar-refractivity contribution is 5.45. The Morgan fingerprint density at radius 2 is 1.73 bits per heavy atom. The summed E-state index contributed by atoms with van der Waals surface area (Å²) in [7, 11) is 0. The van der Waals surface area contributed by atoms with Gasteiger partial charge >= 0.3 is 0 Å². The standard InChI is InChI=1S/C23H25NO6/c24-11-16-7-8-18(23(29)22(28)21(27)20(26)19(12-25)30-23)10-17(16)9-13-1-3-14(4-2-13)15-5-6-15/h1-4,7-8,10,15,19-22,25-29H,5-6,9,12H2/t19-,20-,21+,22-,23-/m1/s1. The van der Waals surface area contributed by atoms with Crippen molar-refractivity contribution in [3.05, 3.63) is 70.3 Å². The lowest BCUT2D eigenvalue weighted by molar-refractivity contribution is -0.357. The number of ether oxygens (including phenoxy) is 1. The maximum atomic E-state index is 11.0. The highest BCUT2D eigenvalue weighted by Crippen LogP contribution is 2.40. The summed E-state index contributed by atoms with van der Waals surface area (Å²) in [5.41, 5.74) is 3.47. The van der Waals surface area contributed by atoms with Crippen LogP contribution in [0.5, 0.6) is 0 Å². The van der Waals surface area contributed by atoms with E-state index in [1.807, 2.05) is 12.1 Å². The Balaban J connectivity index is 1.65. The Bertz CT molecular complexity index is 949. The second-order valence-corrected chi connectivity index (χ2v) is 8.14. The van der Waals surface area contributed by atoms with Crippen molar-refractivity contribution in [1.29, 1.82) is 5.26 Å². The minimum absolute atomic E-state index is 0.128. The topological polar surface area (TPSA) is 134 Å². The minimum Gasteiger partial charge on any atom is -0.394 e. The number of aliphatic hydroxyl groups excluding tert-OH is 4. The van der Waals surface area contributed by atoms with Crippen LogP contribution in [0.1, 0.15) is 46.6 Å². The van der Waals surface area contributed by atoms with Crippen molar-refractivity contribution in [2.75, 3.05) is 6.61 Å². The van der Waals surface area contributed by atoms with Gasteiger partial charge in [-0.15, -0.1) is 0 Å². The minimum atomic E-state index is -2.34. The van der Waals surface area contributed by atoms with Crippen molar-refractivity contribution < 1.29 is 30.3 Å². The first-order valence-corrected chi connectivity index (χ1v) is 10.0. The third-order valence-electron chi connectivity index (χ3n) is 6.03. The van der Waals surface area contributed by atoms with Crippen LogP contribution in [-0.4, -0.2) is 56.6 Å². The zero-order valence-electron chi connectivity index (χ0n) is 16.3. The molecule has 5 atom stereocenters. The van der Waals surface area contributed by atoms with Crippen molar-refractivity contribution in [1.82, 2.24) is 0 Å². The quantitative estimate of drug-likeness (QED) is 0.488. The van der Waals surface area contributed by atoms with Crippen molar-refractivity contribution in [3.63, 3.8) is 0 Å². The molecule has 158 valence electrons. The fourth-order valence-corrected chi connectivity index (χ4v) is 4.01. The molecule has 1 aliphatic carbocycles. The molecule has 0 bridgehead atoms. The van der Waals surface area contributed by atoms with Gasteiger partial charge in [-0.2, -0.15) is 5.26 Å². The Kier molecular flexibility index (Phi) is 5.64. The lowest BCUT2D eigenvalue weighted by Crippen LogP contribution is -2.63. The number of nitrogens with zero attached hydrogens (tertiary/aromatic N) is 1. The second-order valence-electron chi connectivity index (χ2n) is 8.14. The number of aliphatic hydroxyl groups is 5. The summed E-state index contributed by atoms with van der Waals surface area (Å²) in [6.07, 6.45) is -3.51. The van der Waals surface area contributed by atoms with Gasteiger partial charge in [0, 0.05) is 5.56 Å². The monoisotopic (exact) mass is 411 g/mol. The molecule has 0 spiro atoms. The number of benzene rings is 2. The van der Waals surface area contributed by atoms with Crippen LogP contribution in [-0.2, 0) is 16.9 Å². The van der Waals surface area contributed by atoms with E-state index in [1.54, 1.807) is 6.07 Å². The molecule has 2 aliphatic rings. The van der Waals surface area contributed by atoms with Crippen LogP contribution >= 0.6 is 0 Å². The molecular weight excluding hydrogens is 386 g/mol. The van der Waals surface area contributed by atoms with Crippen molar-refractivity contribution in [2.45, 2.75) is 55.4 Å². The molecule has 1 saturated carbocycles. The average Bonchev–Trinajstić information content (AvgIpc) is 3.61. The van der Waals surface area contributed by atoms with Gasteiger partial charge in [0.2, 0.25) is 5.79 Å². The molecular formula is C23H25NO6. The third-order valence-corrected chi connectivity index (χ3v) is 6.03. The molecule has 7 heteroatoms. The van der Waals surface area contributed by atoms with E-state index in [9.17, 15) is 30.8 Å². The fourth-order valence-electron chi connectivity index (χ4n) is 4.01. The Labute approximate surface area is 174 Å². The van der Waals surface area contributed by atoms with Crippen LogP contribution in [0.25, 0.3) is 0 Å². The fraction of sp³-hybridized carbons (Fsp3) is 0.435. The van der Waals surface area contributed by atoms with E-state index < -0.39 is 36.8 Å². The van der Waals surface area contributed by atoms with Crippen molar-refractivity contribution >= 4 is 0 Å². The largest absolute Gasteiger partial charge is 0.394 e. The first kappa shape index (κ1) is 20.9. The Morgan fingerprint density at radius 1 is 1.03 bits per heavy atom. The van der Waals surface area contributed by atoms with Crippen LogP contribution in [0.2, 0.25) is 0 Å². The van der Waals surface area contributed by atoms with E-state index >= 15 is 0 Å². The lowest BCUT2D eigenvalue weighted by atomic mass is 9.86. The van der Waals surface area contributed by atoms with Gasteiger partial charge in [0.1, 0.15) is 24.4 Å². The summed E-state index contributed by atoms with van der Waals surface area (Å²) in [6.45, 7) is -0.649. The van der Waals surface area contributed by atoms with Crippen molar-refractivity contribution in [3.8, 4) is 6.07 Å². The van der Waals surface area contributed by atoms with Gasteiger partial charge in [-0.1, -0.05) is 30.3 Å². The van der Waals surface area contributed by atoms with E-state index in [0.29, 0.717) is 23.5 Å². The number of hydrogen-bond acceptors (Lipinski definition) is 7. The highest BCUT2D eigenvalue weighted by Gasteiger charge is 2.53. The summed E-state index contributed by atoms with van der Waals surface area (Å²) in [5.74, 6) is -1.69. The molecule has 7 nitrogen and oxygen atoms in total. The lowest BCUT2D eigenvalue weighted by Gasteiger charge is -2.45. The normalized spacial score (nSPS) is 31.3. The van der Waals surface area contributed by atoms with E-state index in [2.05, 4.69) is 18.2 Å². The predicted octanol–water partition coefficient (Wildman–Crippen LogP) is 0.645. The maximum absolute atomic E-state index is 11.0. The molecule has 0 unspecified atom stereocenters. The van der Waals surface area contributed by atoms with Gasteiger partial charge in [0.05, 0.1) is 18.2 Å². The molecule has 0 radical (unpaired) electrons. The summed E-state index contributed by atoms with van der Waals surface area (Å²) in [5, 5.41) is 60.4. The second kappa shape index (κ2) is 8.08. The molecule has 1 heterocycles. The first-order chi connectivity index (χ1) is 14.4. The predicted molar refractivity (Wildman–Crippen MR) is 106 cm³/mol. The first-order valence-electron chi connectivity index (χ1n) is 10.0. The SMILES string of the molecule is N#Cc1ccc([C@@]2(O)O[C@H](CO)[C@@H](O)[C@H](O)[C@H]2O)cc1Cc1ccc(C2CC2)cc1. The number of nitriles is 1. The maximum Gasteiger partial charge on any atom is 0.222 e. The van der Waals surface area contributed by atoms with Crippen molar-refractivity contribution in [2.24, 2.45) is 0 Å². The average molecular weight is 411 g/mol. The van der Waals surface area contributed by atoms with Crippen LogP contribution in [0.4, 0.5) is 0 Å². The molecule has 2 aromatic carbocycles. The van der Waals surface area contributed by atoms with Crippen LogP contribution in [0.3, 0.4) is 0 Å². The number of rotatable bonds is 5. The third kappa shape index (κ3) is 3.74. The zero-order chi connectivity index (χ0) is 21.5. The van der Waals surface area contributed by atoms with Gasteiger partial charge in [-0.25, -0.2) is 0 Å². The van der Waals surface area contributed by atoms with E-state index in [-0.39, 0.29) is 5.56 Å². The van der Waals surface area contributed by atoms with Gasteiger partial charge in [0.15, 0.2) is 0 Å². The van der Waals surface area contributed by atoms with E-state index in [1.165, 1.54) is 30.5 Å². The van der Waals surface area contributed by atoms with Gasteiger partial charge in [0.25, 0.3) is 0 Å².